The molecule has 3 heteroatoms. The van der Waals surface area contributed by atoms with Gasteiger partial charge in [0.2, 0.25) is 0 Å². The van der Waals surface area contributed by atoms with E-state index >= 15 is 0 Å². The molecule has 0 saturated heterocycles. The summed E-state index contributed by atoms with van der Waals surface area (Å²) in [4.78, 5) is 10.9. The van der Waals surface area contributed by atoms with Crippen molar-refractivity contribution < 1.29 is 9.90 Å². The van der Waals surface area contributed by atoms with Crippen LogP contribution in [0, 0.1) is 0 Å². The highest BCUT2D eigenvalue weighted by Gasteiger charge is 1.93. The molecular formula is C8H8O2S. The molecule has 1 aromatic heterocycles. The summed E-state index contributed by atoms with van der Waals surface area (Å²) in [5.74, 6) is 0. The number of carbonyl (C=O) groups is 1. The molecule has 58 valence electrons. The summed E-state index contributed by atoms with van der Waals surface area (Å²) in [5.41, 5.74) is 0.964. The normalized spacial score (nSPS) is 10.6. The third kappa shape index (κ3) is 2.29. The van der Waals surface area contributed by atoms with Crippen molar-refractivity contribution in [1.29, 1.82) is 0 Å². The van der Waals surface area contributed by atoms with E-state index in [1.807, 2.05) is 5.38 Å². The highest BCUT2D eigenvalue weighted by atomic mass is 32.1. The molecular weight excluding hydrogens is 160 g/mol. The molecule has 11 heavy (non-hydrogen) atoms. The summed E-state index contributed by atoms with van der Waals surface area (Å²) < 4.78 is 0. The van der Waals surface area contributed by atoms with Crippen LogP contribution in [0.4, 0.5) is 0 Å². The second kappa shape index (κ2) is 4.05. The lowest BCUT2D eigenvalue weighted by atomic mass is 10.3. The van der Waals surface area contributed by atoms with Crippen molar-refractivity contribution in [2.24, 2.45) is 0 Å². The molecule has 2 nitrogen and oxygen atoms in total. The van der Waals surface area contributed by atoms with Gasteiger partial charge in [-0.15, -0.1) is 11.3 Å². The van der Waals surface area contributed by atoms with E-state index in [-0.39, 0.29) is 6.61 Å². The summed E-state index contributed by atoms with van der Waals surface area (Å²) in [7, 11) is 0. The van der Waals surface area contributed by atoms with E-state index in [2.05, 4.69) is 0 Å². The number of carbonyl (C=O) groups excluding carboxylic acids is 1. The molecule has 0 fully saturated rings. The Kier molecular flexibility index (Phi) is 3.01. The SMILES string of the molecule is O=Cc1cc(C=CCO)cs1. The van der Waals surface area contributed by atoms with Gasteiger partial charge in [-0.2, -0.15) is 0 Å². The van der Waals surface area contributed by atoms with Gasteiger partial charge in [0, 0.05) is 0 Å². The summed E-state index contributed by atoms with van der Waals surface area (Å²) in [6.45, 7) is 0.0340. The number of hydrogen-bond acceptors (Lipinski definition) is 3. The van der Waals surface area contributed by atoms with Crippen molar-refractivity contribution in [3.63, 3.8) is 0 Å². The lowest BCUT2D eigenvalue weighted by Crippen LogP contribution is -1.70. The number of aliphatic hydroxyl groups is 1. The van der Waals surface area contributed by atoms with Crippen LogP contribution in [0.2, 0.25) is 0 Å². The zero-order chi connectivity index (χ0) is 8.10. The van der Waals surface area contributed by atoms with E-state index in [0.717, 1.165) is 11.8 Å². The minimum atomic E-state index is 0.0340. The molecule has 0 amide bonds. The molecule has 0 radical (unpaired) electrons. The summed E-state index contributed by atoms with van der Waals surface area (Å²) >= 11 is 1.40. The van der Waals surface area contributed by atoms with Crippen LogP contribution in [-0.4, -0.2) is 18.0 Å². The largest absolute Gasteiger partial charge is 0.392 e. The molecule has 1 aromatic rings. The predicted molar refractivity (Wildman–Crippen MR) is 45.8 cm³/mol. The molecule has 0 saturated carbocycles. The highest BCUT2D eigenvalue weighted by molar-refractivity contribution is 7.11. The van der Waals surface area contributed by atoms with Crippen molar-refractivity contribution in [3.05, 3.63) is 28.0 Å². The number of hydrogen-bond donors (Lipinski definition) is 1. The fourth-order valence-corrected chi connectivity index (χ4v) is 1.38. The van der Waals surface area contributed by atoms with Gasteiger partial charge in [0.1, 0.15) is 0 Å². The van der Waals surface area contributed by atoms with Gasteiger partial charge in [0.15, 0.2) is 6.29 Å². The van der Waals surface area contributed by atoms with Crippen LogP contribution < -0.4 is 0 Å². The van der Waals surface area contributed by atoms with Gasteiger partial charge < -0.3 is 5.11 Å². The van der Waals surface area contributed by atoms with Crippen molar-refractivity contribution >= 4 is 23.7 Å². The Labute approximate surface area is 68.8 Å². The van der Waals surface area contributed by atoms with Gasteiger partial charge in [-0.3, -0.25) is 4.79 Å². The number of rotatable bonds is 3. The van der Waals surface area contributed by atoms with E-state index in [4.69, 9.17) is 5.11 Å². The number of aliphatic hydroxyl groups excluding tert-OH is 1. The molecule has 0 aromatic carbocycles. The standard InChI is InChI=1S/C8H8O2S/c9-3-1-2-7-4-8(5-10)11-6-7/h1-2,4-6,9H,3H2. The van der Waals surface area contributed by atoms with Crippen molar-refractivity contribution in [2.75, 3.05) is 6.61 Å². The quantitative estimate of drug-likeness (QED) is 0.695. The summed E-state index contributed by atoms with van der Waals surface area (Å²) in [5, 5.41) is 10.3. The maximum Gasteiger partial charge on any atom is 0.160 e. The van der Waals surface area contributed by atoms with Crippen LogP contribution in [0.15, 0.2) is 17.5 Å². The predicted octanol–water partition coefficient (Wildman–Crippen LogP) is 1.57. The smallest absolute Gasteiger partial charge is 0.160 e. The van der Waals surface area contributed by atoms with Crippen LogP contribution >= 0.6 is 11.3 Å². The van der Waals surface area contributed by atoms with Crippen molar-refractivity contribution in [2.45, 2.75) is 0 Å². The van der Waals surface area contributed by atoms with Crippen LogP contribution in [0.5, 0.6) is 0 Å². The second-order valence-corrected chi connectivity index (χ2v) is 2.93. The fourth-order valence-electron chi connectivity index (χ4n) is 0.706. The zero-order valence-electron chi connectivity index (χ0n) is 5.86. The van der Waals surface area contributed by atoms with Crippen LogP contribution in [-0.2, 0) is 0 Å². The van der Waals surface area contributed by atoms with Gasteiger partial charge in [-0.05, 0) is 17.0 Å². The second-order valence-electron chi connectivity index (χ2n) is 1.99. The number of thiophene rings is 1. The van der Waals surface area contributed by atoms with Crippen LogP contribution in [0.1, 0.15) is 15.2 Å². The monoisotopic (exact) mass is 168 g/mol. The molecule has 0 aliphatic carbocycles. The van der Waals surface area contributed by atoms with Crippen molar-refractivity contribution in [3.8, 4) is 0 Å². The molecule has 0 aliphatic rings. The van der Waals surface area contributed by atoms with Gasteiger partial charge >= 0.3 is 0 Å². The Morgan fingerprint density at radius 3 is 3.00 bits per heavy atom. The molecule has 0 spiro atoms. The zero-order valence-corrected chi connectivity index (χ0v) is 6.67. The minimum absolute atomic E-state index is 0.0340. The van der Waals surface area contributed by atoms with Gasteiger partial charge in [-0.1, -0.05) is 12.2 Å². The third-order valence-electron chi connectivity index (χ3n) is 1.17. The molecule has 0 unspecified atom stereocenters. The van der Waals surface area contributed by atoms with Crippen molar-refractivity contribution in [1.82, 2.24) is 0 Å². The van der Waals surface area contributed by atoms with Gasteiger partial charge in [-0.25, -0.2) is 0 Å². The van der Waals surface area contributed by atoms with E-state index in [9.17, 15) is 4.79 Å². The first kappa shape index (κ1) is 8.17. The fraction of sp³-hybridized carbons (Fsp3) is 0.125. The lowest BCUT2D eigenvalue weighted by Gasteiger charge is -1.79. The first-order chi connectivity index (χ1) is 5.36. The van der Waals surface area contributed by atoms with E-state index in [1.165, 1.54) is 11.3 Å². The summed E-state index contributed by atoms with van der Waals surface area (Å²) in [6, 6.07) is 1.78. The average Bonchev–Trinajstić information content (AvgIpc) is 2.48. The number of aldehydes is 1. The van der Waals surface area contributed by atoms with Crippen LogP contribution in [0.25, 0.3) is 6.08 Å². The maximum absolute atomic E-state index is 10.2. The van der Waals surface area contributed by atoms with Crippen LogP contribution in [0.3, 0.4) is 0 Å². The Morgan fingerprint density at radius 2 is 2.45 bits per heavy atom. The minimum Gasteiger partial charge on any atom is -0.392 e. The molecule has 1 heterocycles. The van der Waals surface area contributed by atoms with E-state index in [1.54, 1.807) is 18.2 Å². The summed E-state index contributed by atoms with van der Waals surface area (Å²) in [6.07, 6.45) is 4.24. The lowest BCUT2D eigenvalue weighted by molar-refractivity contribution is 0.112. The van der Waals surface area contributed by atoms with E-state index < -0.39 is 0 Å². The van der Waals surface area contributed by atoms with Gasteiger partial charge in [0.05, 0.1) is 11.5 Å². The molecule has 1 rings (SSSR count). The Hall–Kier alpha value is -0.930. The maximum atomic E-state index is 10.2. The third-order valence-corrected chi connectivity index (χ3v) is 2.05. The molecule has 0 bridgehead atoms. The topological polar surface area (TPSA) is 37.3 Å². The first-order valence-electron chi connectivity index (χ1n) is 3.18. The molecule has 0 aliphatic heterocycles. The Balaban J connectivity index is 2.72. The average molecular weight is 168 g/mol. The molecule has 0 atom stereocenters. The Bertz CT molecular complexity index is 263. The van der Waals surface area contributed by atoms with E-state index in [0.29, 0.717) is 4.88 Å². The van der Waals surface area contributed by atoms with Gasteiger partial charge in [0.25, 0.3) is 0 Å². The molecule has 1 N–H and O–H groups in total. The Morgan fingerprint density at radius 1 is 1.64 bits per heavy atom. The first-order valence-corrected chi connectivity index (χ1v) is 4.06. The highest BCUT2D eigenvalue weighted by Crippen LogP contribution is 2.13.